The second-order valence-electron chi connectivity index (χ2n) is 4.14. The minimum atomic E-state index is -1.45. The topological polar surface area (TPSA) is 57.5 Å². The Labute approximate surface area is 108 Å². The Kier molecular flexibility index (Phi) is 3.39. The standard InChI is InChI=1S/C14H14O3S/c1-9-3-5-11(6-4-9)18(17)13-8-7-12(15)10(2)14(13)16/h3-8,15-16H,1-2H3. The predicted molar refractivity (Wildman–Crippen MR) is 70.4 cm³/mol. The van der Waals surface area contributed by atoms with Crippen LogP contribution in [0.1, 0.15) is 11.1 Å². The molecule has 0 radical (unpaired) electrons. The molecular formula is C14H14O3S. The molecule has 0 bridgehead atoms. The summed E-state index contributed by atoms with van der Waals surface area (Å²) in [7, 11) is -1.45. The molecule has 3 nitrogen and oxygen atoms in total. The van der Waals surface area contributed by atoms with E-state index in [4.69, 9.17) is 0 Å². The molecular weight excluding hydrogens is 248 g/mol. The lowest BCUT2D eigenvalue weighted by molar-refractivity contribution is 0.433. The summed E-state index contributed by atoms with van der Waals surface area (Å²) in [6.07, 6.45) is 0. The number of benzene rings is 2. The van der Waals surface area contributed by atoms with Crippen LogP contribution >= 0.6 is 0 Å². The number of rotatable bonds is 2. The van der Waals surface area contributed by atoms with Gasteiger partial charge in [-0.25, -0.2) is 4.21 Å². The Morgan fingerprint density at radius 3 is 2.17 bits per heavy atom. The van der Waals surface area contributed by atoms with Crippen molar-refractivity contribution in [3.63, 3.8) is 0 Å². The van der Waals surface area contributed by atoms with Crippen LogP contribution < -0.4 is 0 Å². The lowest BCUT2D eigenvalue weighted by atomic mass is 10.2. The fraction of sp³-hybridized carbons (Fsp3) is 0.143. The summed E-state index contributed by atoms with van der Waals surface area (Å²) >= 11 is 0. The molecule has 0 aromatic heterocycles. The Hall–Kier alpha value is -1.81. The summed E-state index contributed by atoms with van der Waals surface area (Å²) in [4.78, 5) is 0.940. The molecule has 0 saturated heterocycles. The minimum Gasteiger partial charge on any atom is -0.508 e. The maximum absolute atomic E-state index is 12.3. The average molecular weight is 262 g/mol. The van der Waals surface area contributed by atoms with Crippen LogP contribution in [0.25, 0.3) is 0 Å². The van der Waals surface area contributed by atoms with Gasteiger partial charge >= 0.3 is 0 Å². The van der Waals surface area contributed by atoms with E-state index in [-0.39, 0.29) is 11.5 Å². The van der Waals surface area contributed by atoms with Gasteiger partial charge in [0.15, 0.2) is 0 Å². The SMILES string of the molecule is Cc1ccc(S(=O)c2ccc(O)c(C)c2O)cc1. The van der Waals surface area contributed by atoms with E-state index in [0.29, 0.717) is 15.4 Å². The summed E-state index contributed by atoms with van der Waals surface area (Å²) in [6, 6.07) is 10.2. The van der Waals surface area contributed by atoms with Gasteiger partial charge in [0.2, 0.25) is 0 Å². The Morgan fingerprint density at radius 1 is 0.944 bits per heavy atom. The first-order chi connectivity index (χ1) is 8.50. The number of hydrogen-bond donors (Lipinski definition) is 2. The number of aromatic hydroxyl groups is 2. The van der Waals surface area contributed by atoms with Crippen LogP contribution in [0.15, 0.2) is 46.2 Å². The van der Waals surface area contributed by atoms with Gasteiger partial charge in [-0.3, -0.25) is 0 Å². The van der Waals surface area contributed by atoms with Crippen LogP contribution in [0.4, 0.5) is 0 Å². The van der Waals surface area contributed by atoms with Gasteiger partial charge < -0.3 is 10.2 Å². The van der Waals surface area contributed by atoms with Crippen molar-refractivity contribution in [2.75, 3.05) is 0 Å². The smallest absolute Gasteiger partial charge is 0.138 e. The van der Waals surface area contributed by atoms with Crippen LogP contribution in [0.3, 0.4) is 0 Å². The summed E-state index contributed by atoms with van der Waals surface area (Å²) in [5, 5.41) is 19.4. The molecule has 0 heterocycles. The molecule has 0 saturated carbocycles. The normalized spacial score (nSPS) is 12.3. The molecule has 2 aromatic rings. The fourth-order valence-corrected chi connectivity index (χ4v) is 2.76. The highest BCUT2D eigenvalue weighted by Gasteiger charge is 2.15. The Morgan fingerprint density at radius 2 is 1.56 bits per heavy atom. The van der Waals surface area contributed by atoms with Gasteiger partial charge in [0, 0.05) is 10.5 Å². The van der Waals surface area contributed by atoms with E-state index in [2.05, 4.69) is 0 Å². The summed E-state index contributed by atoms with van der Waals surface area (Å²) < 4.78 is 12.3. The third-order valence-electron chi connectivity index (χ3n) is 2.80. The number of aryl methyl sites for hydroxylation is 1. The molecule has 2 N–H and O–H groups in total. The maximum Gasteiger partial charge on any atom is 0.138 e. The molecule has 18 heavy (non-hydrogen) atoms. The highest BCUT2D eigenvalue weighted by Crippen LogP contribution is 2.33. The monoisotopic (exact) mass is 262 g/mol. The lowest BCUT2D eigenvalue weighted by Crippen LogP contribution is -1.95. The van der Waals surface area contributed by atoms with Crippen LogP contribution in [-0.4, -0.2) is 14.4 Å². The predicted octanol–water partition coefficient (Wildman–Crippen LogP) is 2.88. The molecule has 1 atom stereocenters. The van der Waals surface area contributed by atoms with Crippen molar-refractivity contribution in [1.82, 2.24) is 0 Å². The number of hydrogen-bond acceptors (Lipinski definition) is 3. The first kappa shape index (κ1) is 12.6. The molecule has 0 fully saturated rings. The van der Waals surface area contributed by atoms with Crippen molar-refractivity contribution >= 4 is 10.8 Å². The molecule has 2 rings (SSSR count). The van der Waals surface area contributed by atoms with Crippen LogP contribution in [0, 0.1) is 13.8 Å². The zero-order valence-electron chi connectivity index (χ0n) is 10.2. The molecule has 4 heteroatoms. The van der Waals surface area contributed by atoms with Gasteiger partial charge in [-0.1, -0.05) is 17.7 Å². The number of phenolic OH excluding ortho intramolecular Hbond substituents is 2. The molecule has 1 unspecified atom stereocenters. The van der Waals surface area contributed by atoms with E-state index in [9.17, 15) is 14.4 Å². The fourth-order valence-electron chi connectivity index (χ4n) is 1.60. The van der Waals surface area contributed by atoms with Gasteiger partial charge in [0.05, 0.1) is 15.7 Å². The molecule has 0 spiro atoms. The molecule has 0 aliphatic heterocycles. The van der Waals surface area contributed by atoms with E-state index < -0.39 is 10.8 Å². The van der Waals surface area contributed by atoms with Crippen molar-refractivity contribution in [2.24, 2.45) is 0 Å². The third-order valence-corrected chi connectivity index (χ3v) is 4.23. The van der Waals surface area contributed by atoms with Crippen molar-refractivity contribution in [2.45, 2.75) is 23.6 Å². The van der Waals surface area contributed by atoms with E-state index in [1.165, 1.54) is 12.1 Å². The van der Waals surface area contributed by atoms with Gasteiger partial charge in [0.25, 0.3) is 0 Å². The lowest BCUT2D eigenvalue weighted by Gasteiger charge is -2.08. The molecule has 0 aliphatic rings. The van der Waals surface area contributed by atoms with Gasteiger partial charge in [-0.05, 0) is 38.1 Å². The van der Waals surface area contributed by atoms with Crippen LogP contribution in [-0.2, 0) is 10.8 Å². The second kappa shape index (κ2) is 4.82. The summed E-state index contributed by atoms with van der Waals surface area (Å²) in [6.45, 7) is 3.54. The quantitative estimate of drug-likeness (QED) is 0.875. The zero-order chi connectivity index (χ0) is 13.3. The van der Waals surface area contributed by atoms with Gasteiger partial charge in [-0.2, -0.15) is 0 Å². The van der Waals surface area contributed by atoms with E-state index in [1.54, 1.807) is 19.1 Å². The van der Waals surface area contributed by atoms with Crippen molar-refractivity contribution < 1.29 is 14.4 Å². The van der Waals surface area contributed by atoms with Crippen molar-refractivity contribution in [3.8, 4) is 11.5 Å². The first-order valence-corrected chi connectivity index (χ1v) is 6.65. The average Bonchev–Trinajstić information content (AvgIpc) is 2.36. The van der Waals surface area contributed by atoms with Crippen molar-refractivity contribution in [1.29, 1.82) is 0 Å². The molecule has 2 aromatic carbocycles. The Bertz CT molecular complexity index is 603. The van der Waals surface area contributed by atoms with E-state index in [1.807, 2.05) is 19.1 Å². The first-order valence-electron chi connectivity index (χ1n) is 5.50. The van der Waals surface area contributed by atoms with Crippen LogP contribution in [0.5, 0.6) is 11.5 Å². The van der Waals surface area contributed by atoms with Crippen LogP contribution in [0.2, 0.25) is 0 Å². The summed E-state index contributed by atoms with van der Waals surface area (Å²) in [5.41, 5.74) is 1.43. The minimum absolute atomic E-state index is 0.00263. The third kappa shape index (κ3) is 2.24. The van der Waals surface area contributed by atoms with Gasteiger partial charge in [-0.15, -0.1) is 0 Å². The maximum atomic E-state index is 12.3. The Balaban J connectivity index is 2.46. The molecule has 0 amide bonds. The summed E-state index contributed by atoms with van der Waals surface area (Å²) in [5.74, 6) is -0.119. The second-order valence-corrected chi connectivity index (χ2v) is 5.59. The van der Waals surface area contributed by atoms with E-state index >= 15 is 0 Å². The number of phenols is 2. The largest absolute Gasteiger partial charge is 0.508 e. The highest BCUT2D eigenvalue weighted by molar-refractivity contribution is 7.85. The highest BCUT2D eigenvalue weighted by atomic mass is 32.2. The zero-order valence-corrected chi connectivity index (χ0v) is 11.0. The molecule has 0 aliphatic carbocycles. The molecule has 94 valence electrons. The van der Waals surface area contributed by atoms with Gasteiger partial charge in [0.1, 0.15) is 11.5 Å². The van der Waals surface area contributed by atoms with E-state index in [0.717, 1.165) is 5.56 Å². The van der Waals surface area contributed by atoms with Crippen molar-refractivity contribution in [3.05, 3.63) is 47.5 Å².